The number of dihydropyridines is 1. The molecule has 3 aromatic rings. The molecule has 0 bridgehead atoms. The van der Waals surface area contributed by atoms with Gasteiger partial charge in [0.2, 0.25) is 0 Å². The number of nitrogens with one attached hydrogen (secondary N) is 3. The van der Waals surface area contributed by atoms with Gasteiger partial charge in [-0.1, -0.05) is 18.2 Å². The highest BCUT2D eigenvalue weighted by molar-refractivity contribution is 5.93. The Morgan fingerprint density at radius 2 is 1.61 bits per heavy atom. The number of aromatic amines is 1. The van der Waals surface area contributed by atoms with E-state index in [9.17, 15) is 10.5 Å². The van der Waals surface area contributed by atoms with E-state index >= 15 is 0 Å². The number of nitriles is 2. The van der Waals surface area contributed by atoms with Crippen LogP contribution in [0.3, 0.4) is 0 Å². The van der Waals surface area contributed by atoms with Crippen molar-refractivity contribution >= 4 is 16.6 Å². The Hall–Kier alpha value is -4.07. The molecule has 2 aromatic carbocycles. The van der Waals surface area contributed by atoms with Crippen LogP contribution in [0.2, 0.25) is 0 Å². The number of aromatic nitrogens is 2. The molecule has 7 nitrogen and oxygen atoms in total. The van der Waals surface area contributed by atoms with Crippen molar-refractivity contribution in [2.75, 3.05) is 31.1 Å². The lowest BCUT2D eigenvalue weighted by molar-refractivity contribution is 0.589. The number of rotatable bonds is 3. The molecular weight excluding hydrogens is 410 g/mol. The molecule has 0 aliphatic carbocycles. The van der Waals surface area contributed by atoms with Crippen LogP contribution in [-0.2, 0) is 0 Å². The molecule has 0 saturated carbocycles. The SMILES string of the molecule is CC1=C(C#N)C(c2ccc3[nH]nc(-c4ccc(N5CCNCC5)cc4)c3c2)C(C#N)=C(C)N1. The van der Waals surface area contributed by atoms with Gasteiger partial charge < -0.3 is 15.5 Å². The maximum absolute atomic E-state index is 9.83. The minimum atomic E-state index is -0.386. The second-order valence-electron chi connectivity index (χ2n) is 8.52. The normalized spacial score (nSPS) is 17.2. The zero-order chi connectivity index (χ0) is 22.9. The van der Waals surface area contributed by atoms with Gasteiger partial charge in [-0.05, 0) is 43.7 Å². The van der Waals surface area contributed by atoms with Crippen LogP contribution in [0.15, 0.2) is 65.0 Å². The van der Waals surface area contributed by atoms with Crippen molar-refractivity contribution in [3.05, 3.63) is 70.6 Å². The molecule has 1 aromatic heterocycles. The second-order valence-corrected chi connectivity index (χ2v) is 8.52. The Kier molecular flexibility index (Phi) is 5.34. The summed E-state index contributed by atoms with van der Waals surface area (Å²) in [5.41, 5.74) is 7.67. The van der Waals surface area contributed by atoms with Crippen molar-refractivity contribution in [2.45, 2.75) is 19.8 Å². The highest BCUT2D eigenvalue weighted by atomic mass is 15.2. The molecule has 0 unspecified atom stereocenters. The Balaban J connectivity index is 1.55. The van der Waals surface area contributed by atoms with Gasteiger partial charge >= 0.3 is 0 Å². The third-order valence-corrected chi connectivity index (χ3v) is 6.54. The van der Waals surface area contributed by atoms with Crippen molar-refractivity contribution in [2.24, 2.45) is 0 Å². The van der Waals surface area contributed by atoms with Crippen LogP contribution in [0.25, 0.3) is 22.2 Å². The topological polar surface area (TPSA) is 104 Å². The first kappa shape index (κ1) is 20.8. The van der Waals surface area contributed by atoms with Gasteiger partial charge in [0.25, 0.3) is 0 Å². The Morgan fingerprint density at radius 3 is 2.24 bits per heavy atom. The molecule has 164 valence electrons. The molecule has 0 atom stereocenters. The number of H-pyrrole nitrogens is 1. The van der Waals surface area contributed by atoms with Crippen LogP contribution in [-0.4, -0.2) is 36.4 Å². The summed E-state index contributed by atoms with van der Waals surface area (Å²) in [6.07, 6.45) is 0. The molecule has 3 N–H and O–H groups in total. The molecule has 7 heteroatoms. The van der Waals surface area contributed by atoms with E-state index in [0.717, 1.165) is 65.3 Å². The highest BCUT2D eigenvalue weighted by Gasteiger charge is 2.29. The maximum Gasteiger partial charge on any atom is 0.0999 e. The predicted molar refractivity (Wildman–Crippen MR) is 129 cm³/mol. The fraction of sp³-hybridized carbons (Fsp3) is 0.269. The van der Waals surface area contributed by atoms with Crippen molar-refractivity contribution in [1.29, 1.82) is 10.5 Å². The lowest BCUT2D eigenvalue weighted by atomic mass is 9.81. The van der Waals surface area contributed by atoms with Gasteiger partial charge in [-0.25, -0.2) is 0 Å². The number of nitrogens with zero attached hydrogens (tertiary/aromatic N) is 4. The molecule has 5 rings (SSSR count). The average molecular weight is 436 g/mol. The Bertz CT molecular complexity index is 1320. The number of allylic oxidation sites excluding steroid dienone is 4. The number of anilines is 1. The maximum atomic E-state index is 9.83. The van der Waals surface area contributed by atoms with Gasteiger partial charge in [0.05, 0.1) is 40.4 Å². The predicted octanol–water partition coefficient (Wildman–Crippen LogP) is 3.92. The summed E-state index contributed by atoms with van der Waals surface area (Å²) in [6, 6.07) is 19.2. The largest absolute Gasteiger partial charge is 0.369 e. The fourth-order valence-corrected chi connectivity index (χ4v) is 4.81. The Morgan fingerprint density at radius 1 is 0.939 bits per heavy atom. The van der Waals surface area contributed by atoms with Gasteiger partial charge in [-0.15, -0.1) is 0 Å². The smallest absolute Gasteiger partial charge is 0.0999 e. The summed E-state index contributed by atoms with van der Waals surface area (Å²) < 4.78 is 0. The monoisotopic (exact) mass is 435 g/mol. The minimum absolute atomic E-state index is 0.386. The third kappa shape index (κ3) is 3.63. The average Bonchev–Trinajstić information content (AvgIpc) is 3.27. The molecule has 2 aliphatic heterocycles. The number of benzene rings is 2. The first-order valence-corrected chi connectivity index (χ1v) is 11.1. The molecule has 1 saturated heterocycles. The molecular formula is C26H25N7. The van der Waals surface area contributed by atoms with Gasteiger partial charge in [-0.2, -0.15) is 15.6 Å². The summed E-state index contributed by atoms with van der Waals surface area (Å²) in [7, 11) is 0. The van der Waals surface area contributed by atoms with E-state index in [0.29, 0.717) is 11.1 Å². The zero-order valence-corrected chi connectivity index (χ0v) is 18.7. The summed E-state index contributed by atoms with van der Waals surface area (Å²) in [5, 5.41) is 34.9. The van der Waals surface area contributed by atoms with Crippen LogP contribution in [0.4, 0.5) is 5.69 Å². The Labute approximate surface area is 193 Å². The van der Waals surface area contributed by atoms with E-state index in [1.165, 1.54) is 5.69 Å². The zero-order valence-electron chi connectivity index (χ0n) is 18.7. The van der Waals surface area contributed by atoms with E-state index in [4.69, 9.17) is 0 Å². The second kappa shape index (κ2) is 8.46. The lowest BCUT2D eigenvalue weighted by Gasteiger charge is -2.29. The minimum Gasteiger partial charge on any atom is -0.369 e. The first-order valence-electron chi connectivity index (χ1n) is 11.1. The van der Waals surface area contributed by atoms with E-state index in [1.54, 1.807) is 0 Å². The molecule has 3 heterocycles. The molecule has 1 fully saturated rings. The van der Waals surface area contributed by atoms with E-state index in [-0.39, 0.29) is 5.92 Å². The van der Waals surface area contributed by atoms with Crippen molar-refractivity contribution in [3.63, 3.8) is 0 Å². The van der Waals surface area contributed by atoms with Crippen molar-refractivity contribution in [3.8, 4) is 23.4 Å². The molecule has 2 aliphatic rings. The summed E-state index contributed by atoms with van der Waals surface area (Å²) in [6.45, 7) is 7.78. The van der Waals surface area contributed by atoms with Crippen LogP contribution < -0.4 is 15.5 Å². The van der Waals surface area contributed by atoms with Crippen LogP contribution >= 0.6 is 0 Å². The van der Waals surface area contributed by atoms with Gasteiger partial charge in [0.1, 0.15) is 0 Å². The van der Waals surface area contributed by atoms with Gasteiger partial charge in [0.15, 0.2) is 0 Å². The molecule has 0 spiro atoms. The fourth-order valence-electron chi connectivity index (χ4n) is 4.81. The summed E-state index contributed by atoms with van der Waals surface area (Å²) in [5.74, 6) is -0.386. The lowest BCUT2D eigenvalue weighted by Crippen LogP contribution is -2.43. The van der Waals surface area contributed by atoms with E-state index < -0.39 is 0 Å². The van der Waals surface area contributed by atoms with Crippen LogP contribution in [0.1, 0.15) is 25.3 Å². The third-order valence-electron chi connectivity index (χ3n) is 6.54. The number of piperazine rings is 1. The quantitative estimate of drug-likeness (QED) is 0.576. The van der Waals surface area contributed by atoms with Gasteiger partial charge in [-0.3, -0.25) is 5.10 Å². The van der Waals surface area contributed by atoms with Crippen molar-refractivity contribution in [1.82, 2.24) is 20.8 Å². The summed E-state index contributed by atoms with van der Waals surface area (Å²) >= 11 is 0. The standard InChI is InChI=1S/C26H25N7/c1-16-22(14-27)25(23(15-28)17(2)30-16)19-5-8-24-21(13-19)26(32-31-24)18-3-6-20(7-4-18)33-11-9-29-10-12-33/h3-8,13,25,29-30H,9-12H2,1-2H3,(H,31,32). The number of hydrogen-bond acceptors (Lipinski definition) is 6. The number of fused-ring (bicyclic) bond motifs is 1. The molecule has 0 amide bonds. The first-order chi connectivity index (χ1) is 16.1. The van der Waals surface area contributed by atoms with E-state index in [1.807, 2.05) is 26.0 Å². The van der Waals surface area contributed by atoms with Crippen LogP contribution in [0.5, 0.6) is 0 Å². The van der Waals surface area contributed by atoms with Crippen LogP contribution in [0, 0.1) is 22.7 Å². The summed E-state index contributed by atoms with van der Waals surface area (Å²) in [4.78, 5) is 2.38. The van der Waals surface area contributed by atoms with Crippen molar-refractivity contribution < 1.29 is 0 Å². The highest BCUT2D eigenvalue weighted by Crippen LogP contribution is 2.39. The molecule has 0 radical (unpaired) electrons. The molecule has 33 heavy (non-hydrogen) atoms. The number of hydrogen-bond donors (Lipinski definition) is 3. The van der Waals surface area contributed by atoms with E-state index in [2.05, 4.69) is 68.2 Å². The van der Waals surface area contributed by atoms with Gasteiger partial charge in [0, 0.05) is 54.2 Å².